The predicted octanol–water partition coefficient (Wildman–Crippen LogP) is 4.01. The van der Waals surface area contributed by atoms with Crippen LogP contribution in [0.3, 0.4) is 0 Å². The van der Waals surface area contributed by atoms with Crippen molar-refractivity contribution in [1.82, 2.24) is 14.9 Å². The van der Waals surface area contributed by atoms with E-state index in [-0.39, 0.29) is 5.91 Å². The number of carbonyl (C=O) groups excluding carboxylic acids is 1. The highest BCUT2D eigenvalue weighted by atomic mass is 35.5. The molecule has 0 spiro atoms. The van der Waals surface area contributed by atoms with Crippen LogP contribution < -0.4 is 5.32 Å². The monoisotopic (exact) mass is 338 g/mol. The van der Waals surface area contributed by atoms with Crippen molar-refractivity contribution in [3.8, 4) is 0 Å². The van der Waals surface area contributed by atoms with Crippen LogP contribution in [0.4, 0.5) is 11.5 Å². The molecule has 1 heterocycles. The lowest BCUT2D eigenvalue weighted by molar-refractivity contribution is 0.0767. The smallest absolute Gasteiger partial charge is 0.272 e. The highest BCUT2D eigenvalue weighted by Gasteiger charge is 2.15. The largest absolute Gasteiger partial charge is 0.339 e. The van der Waals surface area contributed by atoms with Crippen LogP contribution in [0.1, 0.15) is 24.3 Å². The molecule has 0 saturated heterocycles. The van der Waals surface area contributed by atoms with Crippen LogP contribution in [-0.2, 0) is 0 Å². The second-order valence-electron chi connectivity index (χ2n) is 4.49. The molecule has 1 amide bonds. The minimum absolute atomic E-state index is 0.132. The summed E-state index contributed by atoms with van der Waals surface area (Å²) >= 11 is 12.1. The topological polar surface area (TPSA) is 58.1 Å². The summed E-state index contributed by atoms with van der Waals surface area (Å²) in [4.78, 5) is 22.1. The Kier molecular flexibility index (Phi) is 5.57. The van der Waals surface area contributed by atoms with E-state index in [4.69, 9.17) is 23.2 Å². The molecule has 5 nitrogen and oxygen atoms in total. The molecule has 1 N–H and O–H groups in total. The van der Waals surface area contributed by atoms with Gasteiger partial charge in [0.25, 0.3) is 5.91 Å². The fraction of sp³-hybridized carbons (Fsp3) is 0.267. The maximum absolute atomic E-state index is 12.3. The Bertz CT molecular complexity index is 674. The lowest BCUT2D eigenvalue weighted by Crippen LogP contribution is -2.31. The first-order valence-electron chi connectivity index (χ1n) is 6.89. The number of halogens is 2. The Hall–Kier alpha value is -1.85. The van der Waals surface area contributed by atoms with Crippen molar-refractivity contribution in [2.45, 2.75) is 13.8 Å². The zero-order valence-corrected chi connectivity index (χ0v) is 13.8. The van der Waals surface area contributed by atoms with Crippen LogP contribution in [0.5, 0.6) is 0 Å². The Morgan fingerprint density at radius 1 is 1.23 bits per heavy atom. The van der Waals surface area contributed by atoms with E-state index in [1.807, 2.05) is 13.8 Å². The molecule has 116 valence electrons. The normalized spacial score (nSPS) is 10.4. The van der Waals surface area contributed by atoms with Gasteiger partial charge in [-0.25, -0.2) is 9.97 Å². The Morgan fingerprint density at radius 3 is 2.64 bits per heavy atom. The van der Waals surface area contributed by atoms with Gasteiger partial charge in [0.05, 0.1) is 15.7 Å². The van der Waals surface area contributed by atoms with Gasteiger partial charge < -0.3 is 10.2 Å². The molecule has 1 aromatic heterocycles. The molecule has 22 heavy (non-hydrogen) atoms. The molecule has 0 aliphatic rings. The summed E-state index contributed by atoms with van der Waals surface area (Å²) in [6, 6.07) is 6.85. The summed E-state index contributed by atoms with van der Waals surface area (Å²) < 4.78 is 0. The molecule has 0 radical (unpaired) electrons. The third kappa shape index (κ3) is 3.67. The van der Waals surface area contributed by atoms with E-state index in [2.05, 4.69) is 15.3 Å². The molecule has 0 aliphatic heterocycles. The second kappa shape index (κ2) is 7.42. The van der Waals surface area contributed by atoms with E-state index in [0.717, 1.165) is 0 Å². The van der Waals surface area contributed by atoms with Crippen molar-refractivity contribution in [1.29, 1.82) is 0 Å². The average molecular weight is 339 g/mol. The third-order valence-corrected chi connectivity index (χ3v) is 3.97. The van der Waals surface area contributed by atoms with Crippen LogP contribution >= 0.6 is 23.2 Å². The minimum Gasteiger partial charge on any atom is -0.339 e. The number of benzene rings is 1. The molecule has 7 heteroatoms. The average Bonchev–Trinajstić information content (AvgIpc) is 2.53. The zero-order valence-electron chi connectivity index (χ0n) is 12.3. The summed E-state index contributed by atoms with van der Waals surface area (Å²) in [7, 11) is 0. The van der Waals surface area contributed by atoms with Gasteiger partial charge in [0.2, 0.25) is 0 Å². The van der Waals surface area contributed by atoms with Crippen LogP contribution in [0, 0.1) is 0 Å². The minimum atomic E-state index is -0.132. The van der Waals surface area contributed by atoms with Gasteiger partial charge in [-0.3, -0.25) is 4.79 Å². The van der Waals surface area contributed by atoms with E-state index in [0.29, 0.717) is 40.3 Å². The van der Waals surface area contributed by atoms with Crippen molar-refractivity contribution in [2.75, 3.05) is 18.4 Å². The Balaban J connectivity index is 2.25. The molecule has 0 bridgehead atoms. The van der Waals surface area contributed by atoms with Gasteiger partial charge in [0, 0.05) is 19.2 Å². The number of amides is 1. The molecule has 2 rings (SSSR count). The quantitative estimate of drug-likeness (QED) is 0.894. The van der Waals surface area contributed by atoms with Gasteiger partial charge in [0.1, 0.15) is 17.8 Å². The van der Waals surface area contributed by atoms with Gasteiger partial charge >= 0.3 is 0 Å². The number of carbonyl (C=O) groups is 1. The first kappa shape index (κ1) is 16.5. The molecule has 1 aromatic carbocycles. The van der Waals surface area contributed by atoms with Crippen molar-refractivity contribution in [3.63, 3.8) is 0 Å². The molecular weight excluding hydrogens is 323 g/mol. The van der Waals surface area contributed by atoms with Gasteiger partial charge in [-0.05, 0) is 26.0 Å². The number of hydrogen-bond donors (Lipinski definition) is 1. The van der Waals surface area contributed by atoms with E-state index < -0.39 is 0 Å². The zero-order chi connectivity index (χ0) is 16.1. The number of nitrogens with zero attached hydrogens (tertiary/aromatic N) is 3. The number of hydrogen-bond acceptors (Lipinski definition) is 4. The molecule has 0 aliphatic carbocycles. The highest BCUT2D eigenvalue weighted by molar-refractivity contribution is 6.43. The number of nitrogens with one attached hydrogen (secondary N) is 1. The van der Waals surface area contributed by atoms with Crippen LogP contribution in [0.15, 0.2) is 30.6 Å². The van der Waals surface area contributed by atoms with E-state index in [1.165, 1.54) is 6.33 Å². The lowest BCUT2D eigenvalue weighted by atomic mass is 10.3. The van der Waals surface area contributed by atoms with Gasteiger partial charge in [0.15, 0.2) is 0 Å². The number of anilines is 2. The van der Waals surface area contributed by atoms with Crippen molar-refractivity contribution >= 4 is 40.6 Å². The summed E-state index contributed by atoms with van der Waals surface area (Å²) in [6.07, 6.45) is 1.34. The Labute approximate surface area is 139 Å². The van der Waals surface area contributed by atoms with Crippen LogP contribution in [0.25, 0.3) is 0 Å². The van der Waals surface area contributed by atoms with E-state index in [9.17, 15) is 4.79 Å². The third-order valence-electron chi connectivity index (χ3n) is 3.15. The van der Waals surface area contributed by atoms with Gasteiger partial charge in [-0.2, -0.15) is 0 Å². The van der Waals surface area contributed by atoms with E-state index in [1.54, 1.807) is 29.2 Å². The fourth-order valence-corrected chi connectivity index (χ4v) is 2.30. The maximum atomic E-state index is 12.3. The molecule has 0 atom stereocenters. The number of aromatic nitrogens is 2. The summed E-state index contributed by atoms with van der Waals surface area (Å²) in [5.74, 6) is 0.349. The molecule has 0 unspecified atom stereocenters. The summed E-state index contributed by atoms with van der Waals surface area (Å²) in [6.45, 7) is 5.10. The maximum Gasteiger partial charge on any atom is 0.272 e. The molecule has 0 saturated carbocycles. The summed E-state index contributed by atoms with van der Waals surface area (Å²) in [5, 5.41) is 3.89. The lowest BCUT2D eigenvalue weighted by Gasteiger charge is -2.18. The van der Waals surface area contributed by atoms with E-state index >= 15 is 0 Å². The molecular formula is C15H16Cl2N4O. The van der Waals surface area contributed by atoms with Crippen molar-refractivity contribution in [3.05, 3.63) is 46.3 Å². The van der Waals surface area contributed by atoms with Crippen molar-refractivity contribution in [2.24, 2.45) is 0 Å². The highest BCUT2D eigenvalue weighted by Crippen LogP contribution is 2.31. The summed E-state index contributed by atoms with van der Waals surface area (Å²) in [5.41, 5.74) is 0.952. The Morgan fingerprint density at radius 2 is 1.95 bits per heavy atom. The first-order valence-corrected chi connectivity index (χ1v) is 7.64. The predicted molar refractivity (Wildman–Crippen MR) is 89.0 cm³/mol. The molecule has 2 aromatic rings. The fourth-order valence-electron chi connectivity index (χ4n) is 1.95. The standard InChI is InChI=1S/C15H16Cl2N4O/c1-3-21(4-2)15(22)12-8-13(19-9-18-12)20-11-7-5-6-10(16)14(11)17/h5-9H,3-4H2,1-2H3,(H,18,19,20). The number of rotatable bonds is 5. The SMILES string of the molecule is CCN(CC)C(=O)c1cc(Nc2cccc(Cl)c2Cl)ncn1. The van der Waals surface area contributed by atoms with Crippen LogP contribution in [-0.4, -0.2) is 33.9 Å². The van der Waals surface area contributed by atoms with Gasteiger partial charge in [-0.1, -0.05) is 29.3 Å². The van der Waals surface area contributed by atoms with Crippen molar-refractivity contribution < 1.29 is 4.79 Å². The second-order valence-corrected chi connectivity index (χ2v) is 5.28. The van der Waals surface area contributed by atoms with Gasteiger partial charge in [-0.15, -0.1) is 0 Å². The van der Waals surface area contributed by atoms with Crippen LogP contribution in [0.2, 0.25) is 10.0 Å². The molecule has 0 fully saturated rings. The first-order chi connectivity index (χ1) is 10.6.